The predicted molar refractivity (Wildman–Crippen MR) is 151 cm³/mol. The smallest absolute Gasteiger partial charge is 0.326 e. The number of thioether (sulfide) groups is 1. The zero-order valence-corrected chi connectivity index (χ0v) is 23.2. The number of amides is 3. The molecule has 0 heterocycles. The summed E-state index contributed by atoms with van der Waals surface area (Å²) < 4.78 is 0. The predicted octanol–water partition coefficient (Wildman–Crippen LogP) is 1.45. The summed E-state index contributed by atoms with van der Waals surface area (Å²) in [6.45, 7) is 3.47. The number of nitrogens with one attached hydrogen (secondary N) is 3. The summed E-state index contributed by atoms with van der Waals surface area (Å²) in [5.74, 6) is -2.57. The van der Waals surface area contributed by atoms with Gasteiger partial charge in [0.25, 0.3) is 0 Å². The van der Waals surface area contributed by atoms with Crippen molar-refractivity contribution in [3.8, 4) is 5.75 Å². The normalized spacial score (nSPS) is 14.1. The third-order valence-electron chi connectivity index (χ3n) is 6.12. The van der Waals surface area contributed by atoms with Gasteiger partial charge in [0.05, 0.1) is 6.04 Å². The van der Waals surface area contributed by atoms with Crippen molar-refractivity contribution in [3.05, 3.63) is 65.7 Å². The van der Waals surface area contributed by atoms with E-state index in [1.54, 1.807) is 50.2 Å². The van der Waals surface area contributed by atoms with Crippen LogP contribution in [-0.4, -0.2) is 70.1 Å². The summed E-state index contributed by atoms with van der Waals surface area (Å²) in [6.07, 6.45) is 2.48. The van der Waals surface area contributed by atoms with E-state index in [0.29, 0.717) is 12.2 Å². The monoisotopic (exact) mass is 558 g/mol. The molecule has 0 saturated heterocycles. The van der Waals surface area contributed by atoms with Crippen LogP contribution in [-0.2, 0) is 32.0 Å². The zero-order valence-electron chi connectivity index (χ0n) is 22.4. The second-order valence-electron chi connectivity index (χ2n) is 9.64. The third-order valence-corrected chi connectivity index (χ3v) is 6.76. The van der Waals surface area contributed by atoms with E-state index in [0.717, 1.165) is 11.1 Å². The topological polar surface area (TPSA) is 171 Å². The molecule has 0 radical (unpaired) electrons. The van der Waals surface area contributed by atoms with Crippen molar-refractivity contribution in [2.45, 2.75) is 57.3 Å². The van der Waals surface area contributed by atoms with Crippen LogP contribution >= 0.6 is 11.8 Å². The summed E-state index contributed by atoms with van der Waals surface area (Å²) >= 11 is 1.50. The van der Waals surface area contributed by atoms with Crippen LogP contribution in [0.2, 0.25) is 0 Å². The van der Waals surface area contributed by atoms with Gasteiger partial charge in [-0.3, -0.25) is 14.4 Å². The van der Waals surface area contributed by atoms with Crippen LogP contribution in [0.1, 0.15) is 31.4 Å². The third kappa shape index (κ3) is 10.6. The van der Waals surface area contributed by atoms with Gasteiger partial charge in [0, 0.05) is 6.42 Å². The van der Waals surface area contributed by atoms with E-state index in [9.17, 15) is 29.4 Å². The Labute approximate surface area is 233 Å². The lowest BCUT2D eigenvalue weighted by atomic mass is 10.0. The van der Waals surface area contributed by atoms with E-state index in [1.807, 2.05) is 12.3 Å². The first-order valence-electron chi connectivity index (χ1n) is 12.7. The molecular formula is C28H38N4O6S. The number of aliphatic carboxylic acids is 1. The Balaban J connectivity index is 2.08. The molecule has 3 amide bonds. The molecule has 4 atom stereocenters. The van der Waals surface area contributed by atoms with Gasteiger partial charge in [-0.25, -0.2) is 4.79 Å². The van der Waals surface area contributed by atoms with Crippen molar-refractivity contribution >= 4 is 35.5 Å². The minimum Gasteiger partial charge on any atom is -0.508 e. The molecule has 2 aromatic rings. The fraction of sp³-hybridized carbons (Fsp3) is 0.429. The Morgan fingerprint density at radius 1 is 0.821 bits per heavy atom. The molecule has 212 valence electrons. The summed E-state index contributed by atoms with van der Waals surface area (Å²) in [4.78, 5) is 51.0. The largest absolute Gasteiger partial charge is 0.508 e. The van der Waals surface area contributed by atoms with Crippen LogP contribution in [0.15, 0.2) is 54.6 Å². The van der Waals surface area contributed by atoms with Gasteiger partial charge < -0.3 is 31.9 Å². The van der Waals surface area contributed by atoms with Crippen LogP contribution in [0.3, 0.4) is 0 Å². The lowest BCUT2D eigenvalue weighted by Gasteiger charge is -2.27. The molecule has 2 aromatic carbocycles. The van der Waals surface area contributed by atoms with Crippen molar-refractivity contribution < 1.29 is 29.4 Å². The first kappa shape index (κ1) is 31.6. The van der Waals surface area contributed by atoms with E-state index in [4.69, 9.17) is 5.73 Å². The maximum absolute atomic E-state index is 13.2. The van der Waals surface area contributed by atoms with Crippen LogP contribution < -0.4 is 21.7 Å². The van der Waals surface area contributed by atoms with E-state index in [2.05, 4.69) is 16.0 Å². The quantitative estimate of drug-likeness (QED) is 0.191. The number of rotatable bonds is 15. The summed E-state index contributed by atoms with van der Waals surface area (Å²) in [7, 11) is 0. The SMILES string of the molecule is CSCCC(NC(=O)C(N)Cc1ccc(O)cc1)C(=O)NC(C(=O)NC(Cc1ccccc1)C(=O)O)C(C)C. The molecule has 0 spiro atoms. The Kier molecular flexibility index (Phi) is 12.8. The van der Waals surface area contributed by atoms with Crippen LogP contribution in [0.5, 0.6) is 5.75 Å². The lowest BCUT2D eigenvalue weighted by molar-refractivity contribution is -0.142. The van der Waals surface area contributed by atoms with Gasteiger partial charge in [-0.2, -0.15) is 11.8 Å². The number of aromatic hydroxyl groups is 1. The maximum atomic E-state index is 13.2. The molecule has 0 fully saturated rings. The number of hydrogen-bond donors (Lipinski definition) is 6. The van der Waals surface area contributed by atoms with Gasteiger partial charge >= 0.3 is 5.97 Å². The van der Waals surface area contributed by atoms with Crippen molar-refractivity contribution in [1.82, 2.24) is 16.0 Å². The Morgan fingerprint density at radius 2 is 1.41 bits per heavy atom. The Hall–Kier alpha value is -3.57. The highest BCUT2D eigenvalue weighted by Gasteiger charge is 2.32. The minimum atomic E-state index is -1.19. The zero-order chi connectivity index (χ0) is 28.9. The number of benzene rings is 2. The number of nitrogens with two attached hydrogens (primary N) is 1. The van der Waals surface area contributed by atoms with Gasteiger partial charge in [0.1, 0.15) is 23.9 Å². The number of carbonyl (C=O) groups is 4. The number of carboxylic acids is 1. The first-order chi connectivity index (χ1) is 18.5. The van der Waals surface area contributed by atoms with Crippen LogP contribution in [0.4, 0.5) is 0 Å². The molecule has 0 aliphatic carbocycles. The molecule has 10 nitrogen and oxygen atoms in total. The van der Waals surface area contributed by atoms with Gasteiger partial charge in [-0.15, -0.1) is 0 Å². The standard InChI is InChI=1S/C28H38N4O6S/c1-17(2)24(27(36)31-23(28(37)38)16-18-7-5-4-6-8-18)32-26(35)22(13-14-39-3)30-25(34)21(29)15-19-9-11-20(33)12-10-19/h4-12,17,21-24,33H,13-16,29H2,1-3H3,(H,30,34)(H,31,36)(H,32,35)(H,37,38). The molecule has 7 N–H and O–H groups in total. The van der Waals surface area contributed by atoms with Crippen molar-refractivity contribution in [1.29, 1.82) is 0 Å². The molecule has 11 heteroatoms. The highest BCUT2D eigenvalue weighted by atomic mass is 32.2. The fourth-order valence-electron chi connectivity index (χ4n) is 3.86. The molecule has 4 unspecified atom stereocenters. The van der Waals surface area contributed by atoms with Crippen LogP contribution in [0.25, 0.3) is 0 Å². The minimum absolute atomic E-state index is 0.0893. The summed E-state index contributed by atoms with van der Waals surface area (Å²) in [5, 5.41) is 27.0. The average molecular weight is 559 g/mol. The molecule has 0 aromatic heterocycles. The molecule has 0 aliphatic heterocycles. The van der Waals surface area contributed by atoms with Crippen molar-refractivity contribution in [3.63, 3.8) is 0 Å². The van der Waals surface area contributed by atoms with Gasteiger partial charge in [-0.1, -0.05) is 56.3 Å². The van der Waals surface area contributed by atoms with Gasteiger partial charge in [-0.05, 0) is 54.0 Å². The lowest BCUT2D eigenvalue weighted by Crippen LogP contribution is -2.58. The fourth-order valence-corrected chi connectivity index (χ4v) is 4.33. The number of carboxylic acid groups (broad SMARTS) is 1. The Morgan fingerprint density at radius 3 is 1.97 bits per heavy atom. The average Bonchev–Trinajstić information content (AvgIpc) is 2.90. The van der Waals surface area contributed by atoms with Gasteiger partial charge in [0.2, 0.25) is 17.7 Å². The van der Waals surface area contributed by atoms with Crippen molar-refractivity contribution in [2.24, 2.45) is 11.7 Å². The highest BCUT2D eigenvalue weighted by Crippen LogP contribution is 2.12. The maximum Gasteiger partial charge on any atom is 0.326 e. The second-order valence-corrected chi connectivity index (χ2v) is 10.6. The molecule has 0 saturated carbocycles. The van der Waals surface area contributed by atoms with E-state index < -0.39 is 47.9 Å². The molecule has 39 heavy (non-hydrogen) atoms. The summed E-state index contributed by atoms with van der Waals surface area (Å²) in [5.41, 5.74) is 7.58. The number of carbonyl (C=O) groups excluding carboxylic acids is 3. The van der Waals surface area contributed by atoms with Crippen molar-refractivity contribution in [2.75, 3.05) is 12.0 Å². The van der Waals surface area contributed by atoms with E-state index in [1.165, 1.54) is 23.9 Å². The second kappa shape index (κ2) is 15.7. The van der Waals surface area contributed by atoms with Crippen LogP contribution in [0, 0.1) is 5.92 Å². The molecular weight excluding hydrogens is 520 g/mol. The molecule has 0 aliphatic rings. The number of phenols is 1. The van der Waals surface area contributed by atoms with E-state index in [-0.39, 0.29) is 24.5 Å². The Bertz CT molecular complexity index is 1100. The first-order valence-corrected chi connectivity index (χ1v) is 14.1. The number of phenolic OH excluding ortho intramolecular Hbond substituents is 1. The summed E-state index contributed by atoms with van der Waals surface area (Å²) in [6, 6.07) is 11.2. The van der Waals surface area contributed by atoms with E-state index >= 15 is 0 Å². The highest BCUT2D eigenvalue weighted by molar-refractivity contribution is 7.98. The molecule has 2 rings (SSSR count). The van der Waals surface area contributed by atoms with Gasteiger partial charge in [0.15, 0.2) is 0 Å². The molecule has 0 bridgehead atoms. The number of hydrogen-bond acceptors (Lipinski definition) is 7.